The highest BCUT2D eigenvalue weighted by atomic mass is 35.5. The summed E-state index contributed by atoms with van der Waals surface area (Å²) in [5.41, 5.74) is 0. The molecule has 15 heavy (non-hydrogen) atoms. The largest absolute Gasteiger partial charge is 0.394 e. The minimum Gasteiger partial charge on any atom is -0.394 e. The molecule has 0 saturated heterocycles. The van der Waals surface area contributed by atoms with Crippen LogP contribution < -0.4 is 0 Å². The predicted molar refractivity (Wildman–Crippen MR) is 51.1 cm³/mol. The number of hydrogen-bond acceptors (Lipinski definition) is 6. The van der Waals surface area contributed by atoms with Crippen molar-refractivity contribution in [2.45, 2.75) is 23.4 Å². The molecule has 4 atom stereocenters. The van der Waals surface area contributed by atoms with E-state index in [0.29, 0.717) is 6.08 Å². The molecule has 0 aromatic rings. The number of rotatable bonds is 6. The molecule has 0 aliphatic carbocycles. The fourth-order valence-corrected chi connectivity index (χ4v) is 1.04. The van der Waals surface area contributed by atoms with E-state index >= 15 is 0 Å². The molecule has 5 N–H and O–H groups in total. The molecular weight excluding hydrogens is 228 g/mol. The summed E-state index contributed by atoms with van der Waals surface area (Å²) in [6, 6.07) is 0. The maximum atomic E-state index is 11.0. The van der Waals surface area contributed by atoms with Gasteiger partial charge in [0.2, 0.25) is 10.8 Å². The molecule has 7 heteroatoms. The Hall–Kier alpha value is -0.500. The molecule has 0 radical (unpaired) electrons. The van der Waals surface area contributed by atoms with Crippen LogP contribution in [0.15, 0.2) is 12.7 Å². The van der Waals surface area contributed by atoms with Crippen LogP contribution in [0.5, 0.6) is 0 Å². The van der Waals surface area contributed by atoms with Crippen molar-refractivity contribution < 1.29 is 30.3 Å². The van der Waals surface area contributed by atoms with Crippen molar-refractivity contribution in [3.63, 3.8) is 0 Å². The number of ketones is 1. The van der Waals surface area contributed by atoms with Gasteiger partial charge in [-0.25, -0.2) is 0 Å². The van der Waals surface area contributed by atoms with E-state index < -0.39 is 35.8 Å². The molecule has 0 heterocycles. The Balaban J connectivity index is 4.75. The van der Waals surface area contributed by atoms with E-state index in [1.54, 1.807) is 0 Å². The van der Waals surface area contributed by atoms with Crippen molar-refractivity contribution in [1.29, 1.82) is 0 Å². The fourth-order valence-electron chi connectivity index (χ4n) is 0.834. The first-order valence-electron chi connectivity index (χ1n) is 4.02. The van der Waals surface area contributed by atoms with E-state index in [2.05, 4.69) is 6.58 Å². The first-order chi connectivity index (χ1) is 6.78. The van der Waals surface area contributed by atoms with Crippen LogP contribution in [-0.4, -0.2) is 61.3 Å². The molecule has 1 unspecified atom stereocenters. The predicted octanol–water partition coefficient (Wildman–Crippen LogP) is -2.26. The van der Waals surface area contributed by atoms with Crippen LogP contribution in [-0.2, 0) is 4.79 Å². The van der Waals surface area contributed by atoms with Crippen LogP contribution in [0.2, 0.25) is 0 Å². The van der Waals surface area contributed by atoms with Crippen LogP contribution in [0.25, 0.3) is 0 Å². The molecule has 0 spiro atoms. The van der Waals surface area contributed by atoms with Gasteiger partial charge >= 0.3 is 0 Å². The van der Waals surface area contributed by atoms with Gasteiger partial charge in [-0.05, 0) is 6.08 Å². The van der Waals surface area contributed by atoms with Gasteiger partial charge in [0.05, 0.1) is 6.61 Å². The minimum atomic E-state index is -2.78. The average Bonchev–Trinajstić information content (AvgIpc) is 2.24. The lowest BCUT2D eigenvalue weighted by atomic mass is 10.00. The highest BCUT2D eigenvalue weighted by Crippen LogP contribution is 2.22. The maximum absolute atomic E-state index is 11.0. The summed E-state index contributed by atoms with van der Waals surface area (Å²) >= 11 is 5.27. The third-order valence-electron chi connectivity index (χ3n) is 1.83. The summed E-state index contributed by atoms with van der Waals surface area (Å²) in [4.78, 5) is 11.0. The first kappa shape index (κ1) is 14.5. The monoisotopic (exact) mass is 240 g/mol. The summed E-state index contributed by atoms with van der Waals surface area (Å²) in [5, 5.41) is 42.4. The number of carbonyl (C=O) groups excluding carboxylic acids is 1. The van der Waals surface area contributed by atoms with Gasteiger partial charge < -0.3 is 25.5 Å². The summed E-state index contributed by atoms with van der Waals surface area (Å²) in [5.74, 6) is -1.12. The summed E-state index contributed by atoms with van der Waals surface area (Å²) < 4.78 is 0. The van der Waals surface area contributed by atoms with Crippen LogP contribution >= 0.6 is 11.6 Å². The SMILES string of the molecule is C=CC(=O)C(O)(Cl)[C@@H](O)[C@H](O)[C@H](O)CO. The number of carbonyl (C=O) groups is 1. The smallest absolute Gasteiger partial charge is 0.230 e. The molecule has 6 nitrogen and oxygen atoms in total. The average molecular weight is 241 g/mol. The van der Waals surface area contributed by atoms with E-state index in [-0.39, 0.29) is 0 Å². The Morgan fingerprint density at radius 3 is 2.27 bits per heavy atom. The summed E-state index contributed by atoms with van der Waals surface area (Å²) in [7, 11) is 0. The van der Waals surface area contributed by atoms with Gasteiger partial charge in [0.15, 0.2) is 0 Å². The first-order valence-corrected chi connectivity index (χ1v) is 4.40. The van der Waals surface area contributed by atoms with Crippen LogP contribution in [0.4, 0.5) is 0 Å². The lowest BCUT2D eigenvalue weighted by Gasteiger charge is -2.29. The van der Waals surface area contributed by atoms with Gasteiger partial charge in [0.25, 0.3) is 0 Å². The Kier molecular flexibility index (Phi) is 5.36. The number of hydrogen-bond donors (Lipinski definition) is 5. The molecule has 0 bridgehead atoms. The normalized spacial score (nSPS) is 21.2. The van der Waals surface area contributed by atoms with E-state index in [9.17, 15) is 20.1 Å². The van der Waals surface area contributed by atoms with Gasteiger partial charge in [-0.3, -0.25) is 4.79 Å². The highest BCUT2D eigenvalue weighted by Gasteiger charge is 2.45. The quantitative estimate of drug-likeness (QED) is 0.264. The zero-order valence-corrected chi connectivity index (χ0v) is 8.50. The Bertz CT molecular complexity index is 241. The second-order valence-corrected chi connectivity index (χ2v) is 3.50. The van der Waals surface area contributed by atoms with E-state index in [1.165, 1.54) is 0 Å². The zero-order chi connectivity index (χ0) is 12.2. The van der Waals surface area contributed by atoms with Gasteiger partial charge in [0.1, 0.15) is 18.3 Å². The third kappa shape index (κ3) is 3.23. The summed E-state index contributed by atoms with van der Waals surface area (Å²) in [6.07, 6.45) is -5.16. The molecular formula is C8H13ClO6. The number of alkyl halides is 1. The highest BCUT2D eigenvalue weighted by molar-refractivity contribution is 6.36. The van der Waals surface area contributed by atoms with Crippen molar-refractivity contribution >= 4 is 17.4 Å². The van der Waals surface area contributed by atoms with Crippen molar-refractivity contribution in [2.75, 3.05) is 6.61 Å². The lowest BCUT2D eigenvalue weighted by molar-refractivity contribution is -0.151. The van der Waals surface area contributed by atoms with Gasteiger partial charge in [-0.2, -0.15) is 0 Å². The number of aliphatic hydroxyl groups is 5. The van der Waals surface area contributed by atoms with E-state index in [4.69, 9.17) is 21.8 Å². The van der Waals surface area contributed by atoms with Crippen LogP contribution in [0.1, 0.15) is 0 Å². The standard InChI is InChI=1S/C8H13ClO6/c1-2-5(12)8(9,15)7(14)6(13)4(11)3-10/h2,4,6-7,10-11,13-15H,1,3H2/t4-,6-,7+,8?/m1/s1. The Labute approximate surface area is 91.0 Å². The Morgan fingerprint density at radius 2 is 1.93 bits per heavy atom. The molecule has 0 rings (SSSR count). The molecule has 0 aliphatic heterocycles. The molecule has 88 valence electrons. The Morgan fingerprint density at radius 1 is 1.47 bits per heavy atom. The number of aliphatic hydroxyl groups excluding tert-OH is 4. The molecule has 0 amide bonds. The molecule has 0 fully saturated rings. The lowest BCUT2D eigenvalue weighted by Crippen LogP contribution is -2.54. The summed E-state index contributed by atoms with van der Waals surface area (Å²) in [6.45, 7) is 2.18. The topological polar surface area (TPSA) is 118 Å². The van der Waals surface area contributed by atoms with Gasteiger partial charge in [-0.15, -0.1) is 0 Å². The molecule has 0 saturated carbocycles. The fraction of sp³-hybridized carbons (Fsp3) is 0.625. The maximum Gasteiger partial charge on any atom is 0.230 e. The van der Waals surface area contributed by atoms with Crippen molar-refractivity contribution in [3.8, 4) is 0 Å². The number of halogens is 1. The molecule has 0 aromatic carbocycles. The minimum absolute atomic E-state index is 0.661. The molecule has 0 aliphatic rings. The van der Waals surface area contributed by atoms with Crippen molar-refractivity contribution in [1.82, 2.24) is 0 Å². The molecule has 0 aromatic heterocycles. The van der Waals surface area contributed by atoms with Gasteiger partial charge in [0, 0.05) is 0 Å². The van der Waals surface area contributed by atoms with Crippen molar-refractivity contribution in [2.24, 2.45) is 0 Å². The van der Waals surface area contributed by atoms with Crippen molar-refractivity contribution in [3.05, 3.63) is 12.7 Å². The van der Waals surface area contributed by atoms with Crippen LogP contribution in [0.3, 0.4) is 0 Å². The van der Waals surface area contributed by atoms with E-state index in [0.717, 1.165) is 0 Å². The van der Waals surface area contributed by atoms with E-state index in [1.807, 2.05) is 0 Å². The zero-order valence-electron chi connectivity index (χ0n) is 7.75. The van der Waals surface area contributed by atoms with Gasteiger partial charge in [-0.1, -0.05) is 18.2 Å². The second kappa shape index (κ2) is 5.55. The van der Waals surface area contributed by atoms with Crippen LogP contribution in [0, 0.1) is 0 Å². The second-order valence-electron chi connectivity index (χ2n) is 2.93. The third-order valence-corrected chi connectivity index (χ3v) is 2.24.